The molecule has 0 bridgehead atoms. The van der Waals surface area contributed by atoms with Crippen LogP contribution in [0.3, 0.4) is 0 Å². The van der Waals surface area contributed by atoms with Gasteiger partial charge in [0.2, 0.25) is 0 Å². The van der Waals surface area contributed by atoms with Gasteiger partial charge in [-0.25, -0.2) is 0 Å². The van der Waals surface area contributed by atoms with E-state index >= 15 is 0 Å². The molecule has 2 rings (SSSR count). The summed E-state index contributed by atoms with van der Waals surface area (Å²) in [5, 5.41) is 1.13. The fourth-order valence-corrected chi connectivity index (χ4v) is 3.49. The van der Waals surface area contributed by atoms with Gasteiger partial charge in [0.15, 0.2) is 0 Å². The van der Waals surface area contributed by atoms with Gasteiger partial charge in [0.05, 0.1) is 0 Å². The molecule has 0 aromatic heterocycles. The Labute approximate surface area is 120 Å². The van der Waals surface area contributed by atoms with Gasteiger partial charge in [-0.15, -0.1) is 0 Å². The predicted octanol–water partition coefficient (Wildman–Crippen LogP) is 4.64. The third kappa shape index (κ3) is 3.74. The Kier molecular flexibility index (Phi) is 5.55. The smallest absolute Gasteiger partial charge is 0.0398 e. The van der Waals surface area contributed by atoms with Gasteiger partial charge < -0.3 is 4.90 Å². The molecule has 0 aliphatic carbocycles. The zero-order valence-electron chi connectivity index (χ0n) is 11.4. The van der Waals surface area contributed by atoms with Gasteiger partial charge in [0.1, 0.15) is 0 Å². The average molecular weight is 310 g/mol. The van der Waals surface area contributed by atoms with Crippen LogP contribution < -0.4 is 4.90 Å². The number of anilines is 1. The van der Waals surface area contributed by atoms with Gasteiger partial charge in [-0.3, -0.25) is 0 Å². The number of aryl methyl sites for hydroxylation is 1. The van der Waals surface area contributed by atoms with Crippen LogP contribution in [0.2, 0.25) is 0 Å². The first kappa shape index (κ1) is 13.9. The van der Waals surface area contributed by atoms with Crippen molar-refractivity contribution in [1.82, 2.24) is 0 Å². The monoisotopic (exact) mass is 309 g/mol. The lowest BCUT2D eigenvalue weighted by atomic mass is 10.0. The minimum Gasteiger partial charge on any atom is -0.371 e. The van der Waals surface area contributed by atoms with Crippen molar-refractivity contribution in [3.63, 3.8) is 0 Å². The zero-order valence-corrected chi connectivity index (χ0v) is 13.0. The van der Waals surface area contributed by atoms with Crippen LogP contribution in [0, 0.1) is 5.92 Å². The molecule has 0 saturated carbocycles. The van der Waals surface area contributed by atoms with Crippen LogP contribution in [0.5, 0.6) is 0 Å². The van der Waals surface area contributed by atoms with E-state index < -0.39 is 0 Å². The fraction of sp³-hybridized carbons (Fsp3) is 0.625. The van der Waals surface area contributed by atoms with Crippen LogP contribution >= 0.6 is 15.9 Å². The Morgan fingerprint density at radius 1 is 1.22 bits per heavy atom. The largest absolute Gasteiger partial charge is 0.371 e. The fourth-order valence-electron chi connectivity index (χ4n) is 2.71. The number of hydrogen-bond donors (Lipinski definition) is 0. The van der Waals surface area contributed by atoms with E-state index in [1.165, 1.54) is 50.9 Å². The van der Waals surface area contributed by atoms with Gasteiger partial charge in [-0.2, -0.15) is 0 Å². The normalized spacial score (nSPS) is 17.1. The molecular formula is C16H24BrN. The Hall–Kier alpha value is -0.500. The van der Waals surface area contributed by atoms with Crippen LogP contribution in [-0.2, 0) is 6.42 Å². The van der Waals surface area contributed by atoms with Crippen molar-refractivity contribution in [3.8, 4) is 0 Å². The molecule has 2 heteroatoms. The molecule has 1 aliphatic heterocycles. The second kappa shape index (κ2) is 7.18. The summed E-state index contributed by atoms with van der Waals surface area (Å²) in [4.78, 5) is 2.60. The summed E-state index contributed by atoms with van der Waals surface area (Å²) in [7, 11) is 0. The lowest BCUT2D eigenvalue weighted by Gasteiger charge is -2.26. The summed E-state index contributed by atoms with van der Waals surface area (Å²) in [6, 6.07) is 8.96. The number of benzene rings is 1. The van der Waals surface area contributed by atoms with Crippen molar-refractivity contribution >= 4 is 21.6 Å². The highest BCUT2D eigenvalue weighted by Crippen LogP contribution is 2.26. The minimum atomic E-state index is 0.819. The van der Waals surface area contributed by atoms with Gasteiger partial charge in [0, 0.05) is 24.1 Å². The number of alkyl halides is 1. The third-order valence-corrected chi connectivity index (χ3v) is 4.41. The Bertz CT molecular complexity index is 364. The first-order valence-corrected chi connectivity index (χ1v) is 8.32. The molecule has 1 unspecified atom stereocenters. The Morgan fingerprint density at radius 3 is 2.89 bits per heavy atom. The molecular weight excluding hydrogens is 286 g/mol. The highest BCUT2D eigenvalue weighted by Gasteiger charge is 2.15. The molecule has 1 atom stereocenters. The predicted molar refractivity (Wildman–Crippen MR) is 83.8 cm³/mol. The average Bonchev–Trinajstić information content (AvgIpc) is 2.59. The van der Waals surface area contributed by atoms with Crippen molar-refractivity contribution < 1.29 is 0 Å². The van der Waals surface area contributed by atoms with Crippen LogP contribution in [0.15, 0.2) is 24.3 Å². The standard InChI is InChI=1S/C16H24BrN/c1-14(9-11-17)10-13-18-12-5-4-7-15-6-2-3-8-16(15)18/h2-3,6,8,14H,4-5,7,9-13H2,1H3. The first-order valence-electron chi connectivity index (χ1n) is 7.20. The number of nitrogens with zero attached hydrogens (tertiary/aromatic N) is 1. The zero-order chi connectivity index (χ0) is 12.8. The van der Waals surface area contributed by atoms with Crippen molar-refractivity contribution in [1.29, 1.82) is 0 Å². The van der Waals surface area contributed by atoms with Gasteiger partial charge in [0.25, 0.3) is 0 Å². The molecule has 1 heterocycles. The van der Waals surface area contributed by atoms with E-state index in [1.807, 2.05) is 0 Å². The molecule has 0 radical (unpaired) electrons. The van der Waals surface area contributed by atoms with Crippen LogP contribution in [0.25, 0.3) is 0 Å². The van der Waals surface area contributed by atoms with E-state index in [2.05, 4.69) is 52.0 Å². The lowest BCUT2D eigenvalue weighted by Crippen LogP contribution is -2.26. The highest BCUT2D eigenvalue weighted by molar-refractivity contribution is 9.09. The molecule has 1 aromatic rings. The molecule has 0 N–H and O–H groups in total. The molecule has 1 nitrogen and oxygen atoms in total. The molecule has 1 aromatic carbocycles. The van der Waals surface area contributed by atoms with Crippen molar-refractivity contribution in [2.45, 2.75) is 39.0 Å². The summed E-state index contributed by atoms with van der Waals surface area (Å²) < 4.78 is 0. The first-order chi connectivity index (χ1) is 8.81. The molecule has 0 saturated heterocycles. The summed E-state index contributed by atoms with van der Waals surface area (Å²) in [5.41, 5.74) is 3.03. The number of fused-ring (bicyclic) bond motifs is 1. The summed E-state index contributed by atoms with van der Waals surface area (Å²) in [5.74, 6) is 0.819. The Balaban J connectivity index is 1.99. The van der Waals surface area contributed by atoms with Crippen molar-refractivity contribution in [2.75, 3.05) is 23.3 Å². The molecule has 100 valence electrons. The quantitative estimate of drug-likeness (QED) is 0.716. The van der Waals surface area contributed by atoms with Crippen LogP contribution in [0.1, 0.15) is 38.2 Å². The van der Waals surface area contributed by atoms with Gasteiger partial charge in [-0.1, -0.05) is 41.1 Å². The van der Waals surface area contributed by atoms with Gasteiger partial charge >= 0.3 is 0 Å². The second-order valence-corrected chi connectivity index (χ2v) is 6.24. The van der Waals surface area contributed by atoms with Crippen molar-refractivity contribution in [3.05, 3.63) is 29.8 Å². The van der Waals surface area contributed by atoms with Crippen LogP contribution in [0.4, 0.5) is 5.69 Å². The van der Waals surface area contributed by atoms with E-state index in [0.29, 0.717) is 0 Å². The molecule has 0 amide bonds. The second-order valence-electron chi connectivity index (χ2n) is 5.44. The number of para-hydroxylation sites is 1. The number of halogens is 1. The topological polar surface area (TPSA) is 3.24 Å². The molecule has 1 aliphatic rings. The molecule has 0 spiro atoms. The summed E-state index contributed by atoms with van der Waals surface area (Å²) in [6.45, 7) is 4.81. The van der Waals surface area contributed by atoms with E-state index in [4.69, 9.17) is 0 Å². The third-order valence-electron chi connectivity index (χ3n) is 3.95. The van der Waals surface area contributed by atoms with E-state index in [9.17, 15) is 0 Å². The Morgan fingerprint density at radius 2 is 2.06 bits per heavy atom. The number of hydrogen-bond acceptors (Lipinski definition) is 1. The highest BCUT2D eigenvalue weighted by atomic mass is 79.9. The minimum absolute atomic E-state index is 0.819. The number of rotatable bonds is 5. The van der Waals surface area contributed by atoms with Gasteiger partial charge in [-0.05, 0) is 49.7 Å². The summed E-state index contributed by atoms with van der Waals surface area (Å²) >= 11 is 3.54. The maximum absolute atomic E-state index is 3.54. The van der Waals surface area contributed by atoms with E-state index in [-0.39, 0.29) is 0 Å². The maximum atomic E-state index is 3.54. The SMILES string of the molecule is CC(CCBr)CCN1CCCCc2ccccc21. The van der Waals surface area contributed by atoms with E-state index in [1.54, 1.807) is 5.56 Å². The van der Waals surface area contributed by atoms with E-state index in [0.717, 1.165) is 11.2 Å². The lowest BCUT2D eigenvalue weighted by molar-refractivity contribution is 0.514. The molecule has 0 fully saturated rings. The van der Waals surface area contributed by atoms with Crippen LogP contribution in [-0.4, -0.2) is 18.4 Å². The summed E-state index contributed by atoms with van der Waals surface area (Å²) in [6.07, 6.45) is 6.52. The maximum Gasteiger partial charge on any atom is 0.0398 e. The molecule has 18 heavy (non-hydrogen) atoms. The van der Waals surface area contributed by atoms with Crippen molar-refractivity contribution in [2.24, 2.45) is 5.92 Å².